The topological polar surface area (TPSA) is 37.4 Å². The minimum Gasteiger partial charge on any atom is -0.207 e. The number of halogens is 1. The van der Waals surface area contributed by atoms with Gasteiger partial charge in [-0.05, 0) is 41.6 Å². The Morgan fingerprint density at radius 2 is 2.17 bits per heavy atom. The van der Waals surface area contributed by atoms with Crippen molar-refractivity contribution < 1.29 is 8.42 Å². The van der Waals surface area contributed by atoms with Gasteiger partial charge in [-0.2, -0.15) is 16.1 Å². The smallest absolute Gasteiger partial charge is 0.207 e. The summed E-state index contributed by atoms with van der Waals surface area (Å²) in [6, 6.07) is 1.74. The first-order chi connectivity index (χ1) is 8.34. The summed E-state index contributed by atoms with van der Waals surface area (Å²) in [4.78, 5) is 1.24. The molecule has 0 spiro atoms. The van der Waals surface area contributed by atoms with Crippen LogP contribution in [-0.4, -0.2) is 37.8 Å². The Morgan fingerprint density at radius 1 is 1.56 bits per heavy atom. The molecule has 0 bridgehead atoms. The van der Waals surface area contributed by atoms with Crippen LogP contribution in [0.25, 0.3) is 0 Å². The highest BCUT2D eigenvalue weighted by Crippen LogP contribution is 2.32. The molecule has 3 nitrogen and oxygen atoms in total. The fourth-order valence-corrected chi connectivity index (χ4v) is 6.46. The van der Waals surface area contributed by atoms with Gasteiger partial charge < -0.3 is 0 Å². The Labute approximate surface area is 126 Å². The van der Waals surface area contributed by atoms with Crippen LogP contribution in [0.15, 0.2) is 14.7 Å². The maximum atomic E-state index is 12.5. The number of hydrogen-bond donors (Lipinski definition) is 0. The lowest BCUT2D eigenvalue weighted by molar-refractivity contribution is 0.385. The van der Waals surface area contributed by atoms with E-state index in [-0.39, 0.29) is 6.04 Å². The molecule has 7 heteroatoms. The lowest BCUT2D eigenvalue weighted by Crippen LogP contribution is -2.38. The Morgan fingerprint density at radius 3 is 2.56 bits per heavy atom. The highest BCUT2D eigenvalue weighted by atomic mass is 79.9. The normalized spacial score (nSPS) is 14.1. The SMILES string of the molecule is CCC(CSC)N(C)S(=O)(=O)c1cc(Br)sc1C. The van der Waals surface area contributed by atoms with Crippen molar-refractivity contribution in [3.05, 3.63) is 14.7 Å². The fraction of sp³-hybridized carbons (Fsp3) is 0.636. The average Bonchev–Trinajstić information content (AvgIpc) is 2.65. The minimum absolute atomic E-state index is 0.0445. The third-order valence-corrected chi connectivity index (χ3v) is 7.28. The van der Waals surface area contributed by atoms with Crippen molar-refractivity contribution in [2.24, 2.45) is 0 Å². The molecule has 18 heavy (non-hydrogen) atoms. The lowest BCUT2D eigenvalue weighted by Gasteiger charge is -2.25. The molecule has 0 saturated carbocycles. The van der Waals surface area contributed by atoms with Gasteiger partial charge in [0, 0.05) is 23.7 Å². The summed E-state index contributed by atoms with van der Waals surface area (Å²) in [7, 11) is -1.71. The van der Waals surface area contributed by atoms with Gasteiger partial charge in [0.05, 0.1) is 8.68 Å². The third kappa shape index (κ3) is 3.50. The van der Waals surface area contributed by atoms with Crippen LogP contribution in [0.3, 0.4) is 0 Å². The van der Waals surface area contributed by atoms with Gasteiger partial charge in [-0.3, -0.25) is 0 Å². The predicted octanol–water partition coefficient (Wildman–Crippen LogP) is 3.58. The Bertz CT molecular complexity index is 498. The van der Waals surface area contributed by atoms with Crippen LogP contribution in [0.5, 0.6) is 0 Å². The molecule has 0 aliphatic carbocycles. The summed E-state index contributed by atoms with van der Waals surface area (Å²) < 4.78 is 27.4. The molecule has 0 aliphatic heterocycles. The van der Waals surface area contributed by atoms with Crippen LogP contribution in [0.1, 0.15) is 18.2 Å². The molecule has 1 atom stereocenters. The number of hydrogen-bond acceptors (Lipinski definition) is 4. The van der Waals surface area contributed by atoms with E-state index in [0.29, 0.717) is 4.90 Å². The van der Waals surface area contributed by atoms with Crippen molar-refractivity contribution in [1.29, 1.82) is 0 Å². The molecule has 104 valence electrons. The van der Waals surface area contributed by atoms with Crippen LogP contribution >= 0.6 is 39.0 Å². The highest BCUT2D eigenvalue weighted by molar-refractivity contribution is 9.11. The van der Waals surface area contributed by atoms with Crippen LogP contribution in [0, 0.1) is 6.92 Å². The molecule has 0 saturated heterocycles. The van der Waals surface area contributed by atoms with Crippen molar-refractivity contribution >= 4 is 49.1 Å². The molecule has 0 radical (unpaired) electrons. The minimum atomic E-state index is -3.38. The molecule has 1 rings (SSSR count). The average molecular weight is 372 g/mol. The van der Waals surface area contributed by atoms with Crippen LogP contribution < -0.4 is 0 Å². The first-order valence-corrected chi connectivity index (χ1v) is 10.0. The predicted molar refractivity (Wildman–Crippen MR) is 84.2 cm³/mol. The van der Waals surface area contributed by atoms with E-state index in [1.807, 2.05) is 20.1 Å². The van der Waals surface area contributed by atoms with Crippen molar-refractivity contribution in [2.45, 2.75) is 31.2 Å². The largest absolute Gasteiger partial charge is 0.244 e. The van der Waals surface area contributed by atoms with Crippen molar-refractivity contribution in [1.82, 2.24) is 4.31 Å². The Kier molecular flexibility index (Phi) is 6.18. The number of rotatable bonds is 6. The number of thioether (sulfide) groups is 1. The summed E-state index contributed by atoms with van der Waals surface area (Å²) >= 11 is 6.46. The molecular weight excluding hydrogens is 354 g/mol. The first-order valence-electron chi connectivity index (χ1n) is 5.57. The second-order valence-electron chi connectivity index (χ2n) is 4.01. The number of aryl methyl sites for hydroxylation is 1. The monoisotopic (exact) mass is 371 g/mol. The molecule has 1 aromatic rings. The fourth-order valence-electron chi connectivity index (χ4n) is 1.71. The molecule has 0 aromatic carbocycles. The summed E-state index contributed by atoms with van der Waals surface area (Å²) in [6.45, 7) is 3.86. The summed E-state index contributed by atoms with van der Waals surface area (Å²) in [5.41, 5.74) is 0. The van der Waals surface area contributed by atoms with Gasteiger partial charge in [0.1, 0.15) is 0 Å². The summed E-state index contributed by atoms with van der Waals surface area (Å²) in [5.74, 6) is 0.816. The second-order valence-corrected chi connectivity index (χ2v) is 9.52. The van der Waals surface area contributed by atoms with E-state index in [4.69, 9.17) is 0 Å². The van der Waals surface area contributed by atoms with Gasteiger partial charge in [-0.25, -0.2) is 8.42 Å². The molecular formula is C11H18BrNO2S3. The van der Waals surface area contributed by atoms with Gasteiger partial charge in [-0.15, -0.1) is 11.3 Å². The lowest BCUT2D eigenvalue weighted by atomic mass is 10.3. The van der Waals surface area contributed by atoms with Gasteiger partial charge in [0.25, 0.3) is 0 Å². The summed E-state index contributed by atoms with van der Waals surface area (Å²) in [6.07, 6.45) is 2.82. The molecule has 0 aliphatic rings. The zero-order valence-electron chi connectivity index (χ0n) is 10.9. The first kappa shape index (κ1) is 16.5. The van der Waals surface area contributed by atoms with Crippen LogP contribution in [0.4, 0.5) is 0 Å². The van der Waals surface area contributed by atoms with Gasteiger partial charge in [0.15, 0.2) is 0 Å². The third-order valence-electron chi connectivity index (χ3n) is 2.84. The number of thiophene rings is 1. The Hall–Kier alpha value is 0.440. The van der Waals surface area contributed by atoms with E-state index in [9.17, 15) is 8.42 Å². The zero-order chi connectivity index (χ0) is 13.9. The van der Waals surface area contributed by atoms with Crippen molar-refractivity contribution in [3.63, 3.8) is 0 Å². The van der Waals surface area contributed by atoms with E-state index < -0.39 is 10.0 Å². The summed E-state index contributed by atoms with van der Waals surface area (Å²) in [5, 5.41) is 0. The molecule has 1 unspecified atom stereocenters. The number of nitrogens with zero attached hydrogens (tertiary/aromatic N) is 1. The van der Waals surface area contributed by atoms with Crippen molar-refractivity contribution in [3.8, 4) is 0 Å². The van der Waals surface area contributed by atoms with Crippen LogP contribution in [0.2, 0.25) is 0 Å². The highest BCUT2D eigenvalue weighted by Gasteiger charge is 2.29. The van der Waals surface area contributed by atoms with Crippen molar-refractivity contribution in [2.75, 3.05) is 19.1 Å². The molecule has 1 heterocycles. The van der Waals surface area contributed by atoms with E-state index in [1.54, 1.807) is 24.9 Å². The van der Waals surface area contributed by atoms with Gasteiger partial charge in [0.2, 0.25) is 10.0 Å². The Balaban J connectivity index is 3.09. The second kappa shape index (κ2) is 6.74. The molecule has 0 N–H and O–H groups in total. The zero-order valence-corrected chi connectivity index (χ0v) is 15.0. The van der Waals surface area contributed by atoms with Gasteiger partial charge in [-0.1, -0.05) is 6.92 Å². The van der Waals surface area contributed by atoms with E-state index in [2.05, 4.69) is 15.9 Å². The molecule has 0 amide bonds. The standard InChI is InChI=1S/C11H18BrNO2S3/c1-5-9(7-16-4)13(3)18(14,15)10-6-11(12)17-8(10)2/h6,9H,5,7H2,1-4H3. The van der Waals surface area contributed by atoms with Gasteiger partial charge >= 0.3 is 0 Å². The van der Waals surface area contributed by atoms with Crippen LogP contribution in [-0.2, 0) is 10.0 Å². The van der Waals surface area contributed by atoms with E-state index >= 15 is 0 Å². The van der Waals surface area contributed by atoms with E-state index in [0.717, 1.165) is 20.8 Å². The maximum Gasteiger partial charge on any atom is 0.244 e. The van der Waals surface area contributed by atoms with E-state index in [1.165, 1.54) is 15.6 Å². The quantitative estimate of drug-likeness (QED) is 0.766. The molecule has 0 fully saturated rings. The maximum absolute atomic E-state index is 12.5. The number of sulfonamides is 1. The molecule has 1 aromatic heterocycles.